The summed E-state index contributed by atoms with van der Waals surface area (Å²) in [6.45, 7) is 2.31. The van der Waals surface area contributed by atoms with Gasteiger partial charge in [-0.2, -0.15) is 0 Å². The van der Waals surface area contributed by atoms with Crippen LogP contribution in [0, 0.1) is 0 Å². The summed E-state index contributed by atoms with van der Waals surface area (Å²) in [6, 6.07) is 0. The molecule has 0 aliphatic heterocycles. The first-order valence-electron chi connectivity index (χ1n) is 8.32. The maximum atomic E-state index is 5.76. The van der Waals surface area contributed by atoms with Gasteiger partial charge in [0, 0.05) is 7.11 Å². The number of hydrogen-bond acceptors (Lipinski definition) is 1. The molecule has 0 amide bonds. The Kier molecular flexibility index (Phi) is 8.75. The van der Waals surface area contributed by atoms with Crippen LogP contribution in [0.25, 0.3) is 0 Å². The lowest BCUT2D eigenvalue weighted by Gasteiger charge is -2.28. The molecule has 0 atom stereocenters. The summed E-state index contributed by atoms with van der Waals surface area (Å²) in [4.78, 5) is 0. The minimum absolute atomic E-state index is 0.153. The van der Waals surface area contributed by atoms with Gasteiger partial charge in [0.25, 0.3) is 0 Å². The first-order chi connectivity index (χ1) is 8.77. The number of ether oxygens (including phenoxy) is 1. The summed E-state index contributed by atoms with van der Waals surface area (Å²) in [6.07, 6.45) is 19.6. The predicted molar refractivity (Wildman–Crippen MR) is 80.1 cm³/mol. The van der Waals surface area contributed by atoms with Crippen molar-refractivity contribution in [2.45, 2.75) is 102 Å². The summed E-state index contributed by atoms with van der Waals surface area (Å²) >= 11 is 0. The fraction of sp³-hybridized carbons (Fsp3) is 1.00. The number of methoxy groups -OCH3 is 1. The van der Waals surface area contributed by atoms with Crippen LogP contribution in [0.1, 0.15) is 96.8 Å². The third-order valence-corrected chi connectivity index (χ3v) is 4.65. The normalized spacial score (nSPS) is 25.0. The lowest BCUT2D eigenvalue weighted by atomic mass is 9.91. The van der Waals surface area contributed by atoms with Gasteiger partial charge in [-0.15, -0.1) is 0 Å². The molecule has 0 spiro atoms. The van der Waals surface area contributed by atoms with Gasteiger partial charge < -0.3 is 4.74 Å². The van der Waals surface area contributed by atoms with Crippen LogP contribution < -0.4 is 0 Å². The van der Waals surface area contributed by atoms with Crippen LogP contribution >= 0.6 is 0 Å². The number of rotatable bonds is 1. The Morgan fingerprint density at radius 1 is 0.556 bits per heavy atom. The van der Waals surface area contributed by atoms with Gasteiger partial charge in [-0.25, -0.2) is 0 Å². The van der Waals surface area contributed by atoms with Gasteiger partial charge in [0.1, 0.15) is 0 Å². The van der Waals surface area contributed by atoms with Crippen molar-refractivity contribution in [3.8, 4) is 0 Å². The van der Waals surface area contributed by atoms with Crippen LogP contribution in [0.15, 0.2) is 0 Å². The molecular formula is C17H34O. The molecule has 18 heavy (non-hydrogen) atoms. The van der Waals surface area contributed by atoms with Crippen molar-refractivity contribution in [3.05, 3.63) is 0 Å². The van der Waals surface area contributed by atoms with E-state index in [0.29, 0.717) is 0 Å². The van der Waals surface area contributed by atoms with E-state index < -0.39 is 0 Å². The van der Waals surface area contributed by atoms with E-state index >= 15 is 0 Å². The fourth-order valence-corrected chi connectivity index (χ4v) is 3.09. The summed E-state index contributed by atoms with van der Waals surface area (Å²) in [5.74, 6) is 0. The molecule has 1 fully saturated rings. The fourth-order valence-electron chi connectivity index (χ4n) is 3.09. The molecule has 1 saturated carbocycles. The lowest BCUT2D eigenvalue weighted by Crippen LogP contribution is -2.27. The summed E-state index contributed by atoms with van der Waals surface area (Å²) < 4.78 is 5.76. The van der Waals surface area contributed by atoms with Crippen molar-refractivity contribution < 1.29 is 4.74 Å². The average molecular weight is 254 g/mol. The third kappa shape index (κ3) is 7.41. The van der Waals surface area contributed by atoms with E-state index in [9.17, 15) is 0 Å². The average Bonchev–Trinajstić information content (AvgIpc) is 2.39. The molecule has 0 aromatic rings. The maximum absolute atomic E-state index is 5.76. The van der Waals surface area contributed by atoms with Crippen molar-refractivity contribution in [1.29, 1.82) is 0 Å². The van der Waals surface area contributed by atoms with E-state index in [1.54, 1.807) is 0 Å². The third-order valence-electron chi connectivity index (χ3n) is 4.65. The van der Waals surface area contributed by atoms with E-state index in [4.69, 9.17) is 4.74 Å². The Bertz CT molecular complexity index is 172. The van der Waals surface area contributed by atoms with Gasteiger partial charge in [-0.3, -0.25) is 0 Å². The Hall–Kier alpha value is -0.0400. The molecule has 0 radical (unpaired) electrons. The Labute approximate surface area is 115 Å². The Morgan fingerprint density at radius 3 is 1.11 bits per heavy atom. The number of hydrogen-bond donors (Lipinski definition) is 0. The predicted octanol–water partition coefficient (Wildman–Crippen LogP) is 5.87. The van der Waals surface area contributed by atoms with E-state index in [1.807, 2.05) is 7.11 Å². The molecule has 0 bridgehead atoms. The molecule has 0 aromatic heterocycles. The molecule has 0 N–H and O–H groups in total. The molecule has 1 nitrogen and oxygen atoms in total. The molecule has 1 heteroatoms. The zero-order chi connectivity index (χ0) is 13.1. The Balaban J connectivity index is 2.29. The van der Waals surface area contributed by atoms with Crippen LogP contribution in [0.4, 0.5) is 0 Å². The quantitative estimate of drug-likeness (QED) is 0.569. The molecule has 1 aliphatic rings. The van der Waals surface area contributed by atoms with Crippen molar-refractivity contribution in [3.63, 3.8) is 0 Å². The summed E-state index contributed by atoms with van der Waals surface area (Å²) in [5, 5.41) is 0. The van der Waals surface area contributed by atoms with Gasteiger partial charge in [0.15, 0.2) is 0 Å². The Morgan fingerprint density at radius 2 is 0.833 bits per heavy atom. The van der Waals surface area contributed by atoms with Crippen LogP contribution in [-0.4, -0.2) is 12.7 Å². The van der Waals surface area contributed by atoms with E-state index in [1.165, 1.54) is 89.9 Å². The molecule has 0 aromatic carbocycles. The van der Waals surface area contributed by atoms with E-state index in [-0.39, 0.29) is 5.60 Å². The summed E-state index contributed by atoms with van der Waals surface area (Å²) in [7, 11) is 1.90. The minimum Gasteiger partial charge on any atom is -0.379 e. The largest absolute Gasteiger partial charge is 0.379 e. The zero-order valence-corrected chi connectivity index (χ0v) is 12.8. The molecule has 1 aliphatic carbocycles. The maximum Gasteiger partial charge on any atom is 0.0650 e. The second-order valence-corrected chi connectivity index (χ2v) is 6.40. The molecule has 0 saturated heterocycles. The van der Waals surface area contributed by atoms with Crippen LogP contribution in [0.2, 0.25) is 0 Å². The van der Waals surface area contributed by atoms with Crippen molar-refractivity contribution >= 4 is 0 Å². The smallest absolute Gasteiger partial charge is 0.0650 e. The van der Waals surface area contributed by atoms with Crippen LogP contribution in [0.5, 0.6) is 0 Å². The van der Waals surface area contributed by atoms with Crippen molar-refractivity contribution in [2.24, 2.45) is 0 Å². The molecule has 0 heterocycles. The molecule has 1 rings (SSSR count). The summed E-state index contributed by atoms with van der Waals surface area (Å²) in [5.41, 5.74) is 0.153. The van der Waals surface area contributed by atoms with Crippen molar-refractivity contribution in [2.75, 3.05) is 7.11 Å². The van der Waals surface area contributed by atoms with Crippen molar-refractivity contribution in [1.82, 2.24) is 0 Å². The molecule has 108 valence electrons. The first-order valence-corrected chi connectivity index (χ1v) is 8.32. The minimum atomic E-state index is 0.153. The topological polar surface area (TPSA) is 9.23 Å². The van der Waals surface area contributed by atoms with Gasteiger partial charge in [-0.1, -0.05) is 77.0 Å². The van der Waals surface area contributed by atoms with E-state index in [2.05, 4.69) is 6.92 Å². The first kappa shape index (κ1) is 16.0. The van der Waals surface area contributed by atoms with Gasteiger partial charge in [0.05, 0.1) is 5.60 Å². The lowest BCUT2D eigenvalue weighted by molar-refractivity contribution is -0.0120. The highest BCUT2D eigenvalue weighted by atomic mass is 16.5. The van der Waals surface area contributed by atoms with Gasteiger partial charge in [0.2, 0.25) is 0 Å². The standard InChI is InChI=1S/C17H34O/c1-17(18-2)15-13-11-9-7-5-3-4-6-8-10-12-14-16-17/h3-16H2,1-2H3. The second-order valence-electron chi connectivity index (χ2n) is 6.40. The highest BCUT2D eigenvalue weighted by Crippen LogP contribution is 2.26. The monoisotopic (exact) mass is 254 g/mol. The van der Waals surface area contributed by atoms with Gasteiger partial charge in [-0.05, 0) is 19.8 Å². The second kappa shape index (κ2) is 9.83. The van der Waals surface area contributed by atoms with Gasteiger partial charge >= 0.3 is 0 Å². The molecule has 0 unspecified atom stereocenters. The zero-order valence-electron chi connectivity index (χ0n) is 12.8. The van der Waals surface area contributed by atoms with E-state index in [0.717, 1.165) is 0 Å². The SMILES string of the molecule is COC1(C)CCCCCCCCCCCCCC1. The van der Waals surface area contributed by atoms with Crippen LogP contribution in [0.3, 0.4) is 0 Å². The highest BCUT2D eigenvalue weighted by molar-refractivity contribution is 4.74. The van der Waals surface area contributed by atoms with Crippen LogP contribution in [-0.2, 0) is 4.74 Å². The highest BCUT2D eigenvalue weighted by Gasteiger charge is 2.22. The molecular weight excluding hydrogens is 220 g/mol.